The highest BCUT2D eigenvalue weighted by Crippen LogP contribution is 2.25. The zero-order valence-electron chi connectivity index (χ0n) is 22.8. The SMILES string of the molecule is Cc1cccc(CN(CCO[C@H]2CCC[C@@H](OCc3cccc(C)c3C(=O)O)C2)C(=O)Nc2ccccc2)c1. The van der Waals surface area contributed by atoms with Crippen LogP contribution in [0, 0.1) is 13.8 Å². The Morgan fingerprint density at radius 2 is 1.69 bits per heavy atom. The van der Waals surface area contributed by atoms with E-state index in [0.717, 1.165) is 48.1 Å². The van der Waals surface area contributed by atoms with Gasteiger partial charge in [0.05, 0.1) is 31.0 Å². The van der Waals surface area contributed by atoms with Gasteiger partial charge in [-0.05, 0) is 68.4 Å². The number of carbonyl (C=O) groups excluding carboxylic acids is 1. The third kappa shape index (κ3) is 8.40. The number of urea groups is 1. The Kier molecular flexibility index (Phi) is 10.1. The first-order chi connectivity index (χ1) is 18.9. The standard InChI is InChI=1S/C32H38N2O5/c1-23-9-6-11-25(19-23)21-34(32(37)33-27-13-4-3-5-14-27)17-18-38-28-15-8-16-29(20-28)39-22-26-12-7-10-24(2)30(26)31(35)36/h3-7,9-14,19,28-29H,8,15-18,20-22H2,1-2H3,(H,33,37)(H,35,36)/t28-,29+/m0/s1. The van der Waals surface area contributed by atoms with Crippen LogP contribution < -0.4 is 5.32 Å². The summed E-state index contributed by atoms with van der Waals surface area (Å²) in [6, 6.07) is 23.0. The Labute approximate surface area is 230 Å². The fourth-order valence-electron chi connectivity index (χ4n) is 5.10. The first-order valence-corrected chi connectivity index (χ1v) is 13.6. The summed E-state index contributed by atoms with van der Waals surface area (Å²) in [5.74, 6) is -0.928. The molecule has 0 bridgehead atoms. The van der Waals surface area contributed by atoms with Crippen LogP contribution in [-0.4, -0.2) is 47.4 Å². The summed E-state index contributed by atoms with van der Waals surface area (Å²) in [5, 5.41) is 12.6. The number of nitrogens with zero attached hydrogens (tertiary/aromatic N) is 1. The fraction of sp³-hybridized carbons (Fsp3) is 0.375. The second-order valence-corrected chi connectivity index (χ2v) is 10.2. The summed E-state index contributed by atoms with van der Waals surface area (Å²) in [6.07, 6.45) is 3.65. The van der Waals surface area contributed by atoms with Gasteiger partial charge in [-0.3, -0.25) is 0 Å². The minimum Gasteiger partial charge on any atom is -0.478 e. The van der Waals surface area contributed by atoms with E-state index in [2.05, 4.69) is 11.4 Å². The van der Waals surface area contributed by atoms with Crippen LogP contribution in [0.15, 0.2) is 72.8 Å². The summed E-state index contributed by atoms with van der Waals surface area (Å²) in [6.45, 7) is 5.49. The van der Waals surface area contributed by atoms with Gasteiger partial charge in [0.25, 0.3) is 0 Å². The highest BCUT2D eigenvalue weighted by molar-refractivity contribution is 5.91. The van der Waals surface area contributed by atoms with Gasteiger partial charge in [0.1, 0.15) is 0 Å². The summed E-state index contributed by atoms with van der Waals surface area (Å²) in [4.78, 5) is 26.6. The number of carboxylic acid groups (broad SMARTS) is 1. The van der Waals surface area contributed by atoms with Crippen molar-refractivity contribution < 1.29 is 24.2 Å². The van der Waals surface area contributed by atoms with Gasteiger partial charge in [0.2, 0.25) is 0 Å². The number of carboxylic acids is 1. The van der Waals surface area contributed by atoms with Crippen LogP contribution in [-0.2, 0) is 22.6 Å². The van der Waals surface area contributed by atoms with Crippen molar-refractivity contribution >= 4 is 17.7 Å². The normalized spacial score (nSPS) is 17.0. The van der Waals surface area contributed by atoms with E-state index < -0.39 is 5.97 Å². The van der Waals surface area contributed by atoms with Gasteiger partial charge in [0.15, 0.2) is 0 Å². The predicted octanol–water partition coefficient (Wildman–Crippen LogP) is 6.58. The second kappa shape index (κ2) is 13.9. The largest absolute Gasteiger partial charge is 0.478 e. The molecule has 1 saturated carbocycles. The molecule has 4 rings (SSSR count). The van der Waals surface area contributed by atoms with E-state index in [-0.39, 0.29) is 24.8 Å². The molecule has 1 fully saturated rings. The molecule has 1 aliphatic carbocycles. The van der Waals surface area contributed by atoms with E-state index >= 15 is 0 Å². The maximum atomic E-state index is 13.2. The summed E-state index contributed by atoms with van der Waals surface area (Å²) >= 11 is 0. The summed E-state index contributed by atoms with van der Waals surface area (Å²) in [7, 11) is 0. The van der Waals surface area contributed by atoms with Gasteiger partial charge in [-0.2, -0.15) is 0 Å². The number of para-hydroxylation sites is 1. The number of amides is 2. The lowest BCUT2D eigenvalue weighted by molar-refractivity contribution is -0.0524. The van der Waals surface area contributed by atoms with Gasteiger partial charge >= 0.3 is 12.0 Å². The van der Waals surface area contributed by atoms with Crippen LogP contribution in [0.2, 0.25) is 0 Å². The van der Waals surface area contributed by atoms with E-state index in [4.69, 9.17) is 9.47 Å². The number of nitrogens with one attached hydrogen (secondary N) is 1. The molecule has 0 saturated heterocycles. The number of benzene rings is 3. The number of anilines is 1. The van der Waals surface area contributed by atoms with Crippen LogP contribution >= 0.6 is 0 Å². The van der Waals surface area contributed by atoms with Crippen LogP contribution in [0.25, 0.3) is 0 Å². The molecule has 0 aromatic heterocycles. The van der Waals surface area contributed by atoms with Crippen molar-refractivity contribution in [3.63, 3.8) is 0 Å². The average Bonchev–Trinajstić information content (AvgIpc) is 2.92. The Morgan fingerprint density at radius 1 is 0.949 bits per heavy atom. The highest BCUT2D eigenvalue weighted by atomic mass is 16.5. The van der Waals surface area contributed by atoms with E-state index in [0.29, 0.717) is 30.8 Å². The van der Waals surface area contributed by atoms with Crippen molar-refractivity contribution in [1.82, 2.24) is 4.90 Å². The van der Waals surface area contributed by atoms with Crippen molar-refractivity contribution in [3.8, 4) is 0 Å². The molecule has 0 spiro atoms. The second-order valence-electron chi connectivity index (χ2n) is 10.2. The van der Waals surface area contributed by atoms with E-state index in [9.17, 15) is 14.7 Å². The zero-order valence-corrected chi connectivity index (χ0v) is 22.8. The Hall–Kier alpha value is -3.68. The van der Waals surface area contributed by atoms with Gasteiger partial charge in [-0.1, -0.05) is 66.2 Å². The number of aryl methyl sites for hydroxylation is 2. The quantitative estimate of drug-likeness (QED) is 0.292. The topological polar surface area (TPSA) is 88.1 Å². The molecular formula is C32H38N2O5. The molecule has 2 amide bonds. The molecule has 2 atom stereocenters. The molecule has 0 unspecified atom stereocenters. The molecule has 3 aromatic rings. The lowest BCUT2D eigenvalue weighted by Gasteiger charge is -2.30. The monoisotopic (exact) mass is 530 g/mol. The molecule has 2 N–H and O–H groups in total. The van der Waals surface area contributed by atoms with Crippen LogP contribution in [0.3, 0.4) is 0 Å². The average molecular weight is 531 g/mol. The maximum absolute atomic E-state index is 13.2. The number of hydrogen-bond donors (Lipinski definition) is 2. The van der Waals surface area contributed by atoms with Crippen molar-refractivity contribution in [2.24, 2.45) is 0 Å². The number of rotatable bonds is 11. The molecular weight excluding hydrogens is 492 g/mol. The number of ether oxygens (including phenoxy) is 2. The smallest absolute Gasteiger partial charge is 0.336 e. The first-order valence-electron chi connectivity index (χ1n) is 13.6. The highest BCUT2D eigenvalue weighted by Gasteiger charge is 2.25. The lowest BCUT2D eigenvalue weighted by Crippen LogP contribution is -2.38. The molecule has 0 aliphatic heterocycles. The van der Waals surface area contributed by atoms with E-state index in [1.807, 2.05) is 67.6 Å². The van der Waals surface area contributed by atoms with Crippen molar-refractivity contribution in [2.75, 3.05) is 18.5 Å². The Balaban J connectivity index is 1.31. The van der Waals surface area contributed by atoms with Gasteiger partial charge in [-0.15, -0.1) is 0 Å². The Morgan fingerprint density at radius 3 is 2.44 bits per heavy atom. The van der Waals surface area contributed by atoms with E-state index in [1.54, 1.807) is 17.9 Å². The predicted molar refractivity (Wildman–Crippen MR) is 152 cm³/mol. The maximum Gasteiger partial charge on any atom is 0.336 e. The molecule has 206 valence electrons. The van der Waals surface area contributed by atoms with Crippen LogP contribution in [0.5, 0.6) is 0 Å². The summed E-state index contributed by atoms with van der Waals surface area (Å²) < 4.78 is 12.4. The molecule has 0 radical (unpaired) electrons. The minimum absolute atomic E-state index is 0.00989. The Bertz CT molecular complexity index is 1250. The molecule has 3 aromatic carbocycles. The first kappa shape index (κ1) is 28.3. The molecule has 1 aliphatic rings. The van der Waals surface area contributed by atoms with Crippen LogP contribution in [0.1, 0.15) is 58.3 Å². The number of hydrogen-bond acceptors (Lipinski definition) is 4. The van der Waals surface area contributed by atoms with Gasteiger partial charge in [-0.25, -0.2) is 9.59 Å². The minimum atomic E-state index is -0.928. The molecule has 7 nitrogen and oxygen atoms in total. The molecule has 39 heavy (non-hydrogen) atoms. The number of carbonyl (C=O) groups is 2. The number of aromatic carboxylic acids is 1. The fourth-order valence-corrected chi connectivity index (χ4v) is 5.10. The van der Waals surface area contributed by atoms with Gasteiger partial charge in [0, 0.05) is 18.8 Å². The van der Waals surface area contributed by atoms with Crippen LogP contribution in [0.4, 0.5) is 10.5 Å². The van der Waals surface area contributed by atoms with Gasteiger partial charge < -0.3 is 24.8 Å². The molecule has 0 heterocycles. The third-order valence-electron chi connectivity index (χ3n) is 7.11. The van der Waals surface area contributed by atoms with Crippen molar-refractivity contribution in [3.05, 3.63) is 101 Å². The molecule has 7 heteroatoms. The lowest BCUT2D eigenvalue weighted by atomic mass is 9.94. The van der Waals surface area contributed by atoms with E-state index in [1.165, 1.54) is 0 Å². The van der Waals surface area contributed by atoms with Crippen molar-refractivity contribution in [2.45, 2.75) is 64.9 Å². The van der Waals surface area contributed by atoms with Crippen molar-refractivity contribution in [1.29, 1.82) is 0 Å². The summed E-state index contributed by atoms with van der Waals surface area (Å²) in [5.41, 5.74) is 4.73. The zero-order chi connectivity index (χ0) is 27.6. The third-order valence-corrected chi connectivity index (χ3v) is 7.11.